The van der Waals surface area contributed by atoms with Crippen molar-refractivity contribution in [2.45, 2.75) is 46.1 Å². The maximum absolute atomic E-state index is 13.0. The first kappa shape index (κ1) is 16.9. The number of carbonyl (C=O) groups is 1. The van der Waals surface area contributed by atoms with E-state index in [0.717, 1.165) is 42.2 Å². The van der Waals surface area contributed by atoms with Crippen LogP contribution in [0.3, 0.4) is 0 Å². The molecule has 8 nitrogen and oxygen atoms in total. The molecule has 4 heterocycles. The number of aryl methyl sites for hydroxylation is 2. The summed E-state index contributed by atoms with van der Waals surface area (Å²) in [7, 11) is 0. The summed E-state index contributed by atoms with van der Waals surface area (Å²) >= 11 is 1.13. The monoisotopic (exact) mass is 372 g/mol. The lowest BCUT2D eigenvalue weighted by atomic mass is 9.99. The minimum absolute atomic E-state index is 0.0477. The highest BCUT2D eigenvalue weighted by Crippen LogP contribution is 2.32. The van der Waals surface area contributed by atoms with E-state index in [9.17, 15) is 9.59 Å². The third-order valence-corrected chi connectivity index (χ3v) is 5.89. The van der Waals surface area contributed by atoms with Crippen molar-refractivity contribution >= 4 is 23.1 Å². The average molecular weight is 372 g/mol. The number of amides is 1. The van der Waals surface area contributed by atoms with Gasteiger partial charge in [0, 0.05) is 23.9 Å². The van der Waals surface area contributed by atoms with E-state index in [4.69, 9.17) is 0 Å². The van der Waals surface area contributed by atoms with Gasteiger partial charge < -0.3 is 4.90 Å². The normalized spacial score (nSPS) is 17.8. The van der Waals surface area contributed by atoms with Crippen LogP contribution in [0.1, 0.15) is 57.6 Å². The summed E-state index contributed by atoms with van der Waals surface area (Å²) in [5.74, 6) is -0.0477. The molecule has 1 fully saturated rings. The number of rotatable bonds is 2. The average Bonchev–Trinajstić information content (AvgIpc) is 3.25. The molecule has 136 valence electrons. The van der Waals surface area contributed by atoms with Gasteiger partial charge in [-0.15, -0.1) is 5.10 Å². The third-order valence-electron chi connectivity index (χ3n) is 5.07. The largest absolute Gasteiger partial charge is 0.329 e. The summed E-state index contributed by atoms with van der Waals surface area (Å²) in [6.45, 7) is 6.08. The van der Waals surface area contributed by atoms with Crippen LogP contribution in [-0.2, 0) is 0 Å². The van der Waals surface area contributed by atoms with Gasteiger partial charge in [0.05, 0.1) is 17.4 Å². The molecule has 3 aromatic rings. The molecule has 0 aliphatic carbocycles. The molecule has 1 amide bonds. The number of piperidine rings is 1. The molecule has 26 heavy (non-hydrogen) atoms. The summed E-state index contributed by atoms with van der Waals surface area (Å²) < 4.78 is 5.35. The first-order valence-electron chi connectivity index (χ1n) is 8.66. The first-order chi connectivity index (χ1) is 12.5. The number of H-pyrrole nitrogens is 1. The van der Waals surface area contributed by atoms with Gasteiger partial charge in [-0.25, -0.2) is 9.50 Å². The van der Waals surface area contributed by atoms with Crippen LogP contribution in [0.5, 0.6) is 0 Å². The van der Waals surface area contributed by atoms with E-state index >= 15 is 0 Å². The fraction of sp³-hybridized carbons (Fsp3) is 0.471. The maximum atomic E-state index is 13.0. The van der Waals surface area contributed by atoms with Crippen molar-refractivity contribution in [2.75, 3.05) is 6.54 Å². The summed E-state index contributed by atoms with van der Waals surface area (Å²) in [6.07, 6.45) is 2.84. The molecule has 1 unspecified atom stereocenters. The summed E-state index contributed by atoms with van der Waals surface area (Å²) in [5, 5.41) is 7.12. The molecule has 3 aromatic heterocycles. The van der Waals surface area contributed by atoms with Crippen LogP contribution in [0, 0.1) is 20.8 Å². The second-order valence-electron chi connectivity index (χ2n) is 6.73. The number of hydrogen-bond acceptors (Lipinski definition) is 6. The minimum Gasteiger partial charge on any atom is -0.329 e. The Hall–Kier alpha value is -2.55. The molecule has 1 saturated heterocycles. The van der Waals surface area contributed by atoms with Gasteiger partial charge in [-0.1, -0.05) is 4.49 Å². The smallest absolute Gasteiger partial charge is 0.275 e. The number of fused-ring (bicyclic) bond motifs is 1. The van der Waals surface area contributed by atoms with E-state index in [2.05, 4.69) is 19.7 Å². The zero-order valence-electron chi connectivity index (χ0n) is 14.9. The standard InChI is InChI=1S/C17H20N6O2S/c1-9-10(2)18-14-8-12(20-23(14)16(9)24)13-6-4-5-7-22(13)17(25)15-11(3)19-21-26-15/h8,13,20H,4-7H2,1-3H3. The summed E-state index contributed by atoms with van der Waals surface area (Å²) in [4.78, 5) is 32.4. The van der Waals surface area contributed by atoms with E-state index in [0.29, 0.717) is 28.3 Å². The van der Waals surface area contributed by atoms with Gasteiger partial charge in [0.2, 0.25) is 0 Å². The van der Waals surface area contributed by atoms with E-state index in [1.54, 1.807) is 13.8 Å². The Labute approximate surface area is 154 Å². The molecule has 0 spiro atoms. The van der Waals surface area contributed by atoms with Gasteiger partial charge in [0.15, 0.2) is 5.65 Å². The molecule has 1 N–H and O–H groups in total. The van der Waals surface area contributed by atoms with Crippen LogP contribution < -0.4 is 5.56 Å². The van der Waals surface area contributed by atoms with Crippen LogP contribution in [0.15, 0.2) is 10.9 Å². The zero-order chi connectivity index (χ0) is 18.4. The number of aromatic amines is 1. The molecule has 0 saturated carbocycles. The van der Waals surface area contributed by atoms with Gasteiger partial charge in [0.1, 0.15) is 4.88 Å². The van der Waals surface area contributed by atoms with Gasteiger partial charge in [-0.05, 0) is 51.6 Å². The number of likely N-dealkylation sites (tertiary alicyclic amines) is 1. The van der Waals surface area contributed by atoms with E-state index in [1.807, 2.05) is 17.9 Å². The van der Waals surface area contributed by atoms with Crippen LogP contribution in [0.25, 0.3) is 5.65 Å². The molecule has 1 aliphatic rings. The molecule has 9 heteroatoms. The third kappa shape index (κ3) is 2.63. The lowest BCUT2D eigenvalue weighted by Gasteiger charge is -2.34. The quantitative estimate of drug-likeness (QED) is 0.744. The van der Waals surface area contributed by atoms with Crippen molar-refractivity contribution in [3.8, 4) is 0 Å². The predicted octanol–water partition coefficient (Wildman–Crippen LogP) is 2.17. The lowest BCUT2D eigenvalue weighted by molar-refractivity contribution is 0.0610. The fourth-order valence-electron chi connectivity index (χ4n) is 3.46. The van der Waals surface area contributed by atoms with Gasteiger partial charge in [-0.2, -0.15) is 0 Å². The highest BCUT2D eigenvalue weighted by Gasteiger charge is 2.32. The molecule has 4 rings (SSSR count). The Bertz CT molecular complexity index is 1050. The Morgan fingerprint density at radius 2 is 2.08 bits per heavy atom. The van der Waals surface area contributed by atoms with Gasteiger partial charge in [0.25, 0.3) is 11.5 Å². The van der Waals surface area contributed by atoms with Crippen LogP contribution in [-0.4, -0.2) is 41.5 Å². The highest BCUT2D eigenvalue weighted by molar-refractivity contribution is 7.07. The number of aromatic nitrogens is 5. The van der Waals surface area contributed by atoms with Crippen molar-refractivity contribution in [2.24, 2.45) is 0 Å². The fourth-order valence-corrected chi connectivity index (χ4v) is 4.08. The molecular formula is C17H20N6O2S. The Balaban J connectivity index is 1.76. The zero-order valence-corrected chi connectivity index (χ0v) is 15.8. The van der Waals surface area contributed by atoms with E-state index in [1.165, 1.54) is 4.52 Å². The predicted molar refractivity (Wildman–Crippen MR) is 97.6 cm³/mol. The molecular weight excluding hydrogens is 352 g/mol. The molecule has 0 aromatic carbocycles. The summed E-state index contributed by atoms with van der Waals surface area (Å²) in [6, 6.07) is 1.77. The van der Waals surface area contributed by atoms with Gasteiger partial charge in [-0.3, -0.25) is 14.7 Å². The van der Waals surface area contributed by atoms with Crippen LogP contribution in [0.4, 0.5) is 0 Å². The van der Waals surface area contributed by atoms with Crippen molar-refractivity contribution in [1.82, 2.24) is 29.1 Å². The number of nitrogens with zero attached hydrogens (tertiary/aromatic N) is 5. The summed E-state index contributed by atoms with van der Waals surface area (Å²) in [5.41, 5.74) is 3.33. The second-order valence-corrected chi connectivity index (χ2v) is 7.48. The van der Waals surface area contributed by atoms with E-state index in [-0.39, 0.29) is 17.5 Å². The Morgan fingerprint density at radius 1 is 1.27 bits per heavy atom. The number of hydrogen-bond donors (Lipinski definition) is 1. The van der Waals surface area contributed by atoms with Crippen molar-refractivity contribution in [3.05, 3.63) is 43.9 Å². The maximum Gasteiger partial charge on any atom is 0.275 e. The lowest BCUT2D eigenvalue weighted by Crippen LogP contribution is -2.38. The highest BCUT2D eigenvalue weighted by atomic mass is 32.1. The molecule has 0 bridgehead atoms. The van der Waals surface area contributed by atoms with Crippen LogP contribution in [0.2, 0.25) is 0 Å². The van der Waals surface area contributed by atoms with Crippen LogP contribution >= 0.6 is 11.5 Å². The molecule has 0 radical (unpaired) electrons. The van der Waals surface area contributed by atoms with Gasteiger partial charge >= 0.3 is 0 Å². The topological polar surface area (TPSA) is 96.2 Å². The minimum atomic E-state index is -0.112. The first-order valence-corrected chi connectivity index (χ1v) is 9.43. The van der Waals surface area contributed by atoms with Crippen molar-refractivity contribution in [1.29, 1.82) is 0 Å². The number of carbonyl (C=O) groups excluding carboxylic acids is 1. The second kappa shape index (κ2) is 6.31. The SMILES string of the molecule is Cc1nnsc1C(=O)N1CCCCC1c1cc2nc(C)c(C)c(=O)n2[nH]1. The Kier molecular flexibility index (Phi) is 4.10. The van der Waals surface area contributed by atoms with Crippen molar-refractivity contribution < 1.29 is 4.79 Å². The molecule has 1 aliphatic heterocycles. The van der Waals surface area contributed by atoms with Crippen molar-refractivity contribution in [3.63, 3.8) is 0 Å². The van der Waals surface area contributed by atoms with E-state index < -0.39 is 0 Å². The number of nitrogens with one attached hydrogen (secondary N) is 1. The Morgan fingerprint density at radius 3 is 2.81 bits per heavy atom. The molecule has 1 atom stereocenters.